The van der Waals surface area contributed by atoms with Crippen LogP contribution in [0.2, 0.25) is 0 Å². The molecule has 1 aliphatic heterocycles. The number of allylic oxidation sites excluding steroid dienone is 1. The summed E-state index contributed by atoms with van der Waals surface area (Å²) < 4.78 is 4.66. The number of likely N-dealkylation sites (tertiary alicyclic amines) is 1. The van der Waals surface area contributed by atoms with Gasteiger partial charge in [-0.15, -0.1) is 0 Å². The first kappa shape index (κ1) is 13.2. The molecule has 0 bridgehead atoms. The van der Waals surface area contributed by atoms with E-state index in [-0.39, 0.29) is 19.1 Å². The maximum atomic E-state index is 11.4. The van der Waals surface area contributed by atoms with E-state index >= 15 is 0 Å². The Balaban J connectivity index is 2.42. The van der Waals surface area contributed by atoms with E-state index < -0.39 is 11.9 Å². The second kappa shape index (κ2) is 6.03. The largest absolute Gasteiger partial charge is 0.465 e. The summed E-state index contributed by atoms with van der Waals surface area (Å²) in [5.41, 5.74) is 0.663. The molecule has 94 valence electrons. The Morgan fingerprint density at radius 2 is 2.18 bits per heavy atom. The standard InChI is InChI=1S/C11H16N2O4/c1-3-17-11(16)7-12-9(14)6-8-4-5-10(15)13(8)2/h6H,3-5,7H2,1-2H3,(H,12,14)/b8-6-. The summed E-state index contributed by atoms with van der Waals surface area (Å²) in [5, 5.41) is 2.40. The van der Waals surface area contributed by atoms with Crippen LogP contribution in [0.5, 0.6) is 0 Å². The second-order valence-corrected chi connectivity index (χ2v) is 3.61. The van der Waals surface area contributed by atoms with Crippen LogP contribution in [0.1, 0.15) is 19.8 Å². The topological polar surface area (TPSA) is 75.7 Å². The predicted molar refractivity (Wildman–Crippen MR) is 59.7 cm³/mol. The monoisotopic (exact) mass is 240 g/mol. The van der Waals surface area contributed by atoms with E-state index in [2.05, 4.69) is 10.1 Å². The molecule has 0 aromatic heterocycles. The molecule has 6 nitrogen and oxygen atoms in total. The highest BCUT2D eigenvalue weighted by atomic mass is 16.5. The Kier molecular flexibility index (Phi) is 4.68. The van der Waals surface area contributed by atoms with Gasteiger partial charge in [0.25, 0.3) is 0 Å². The van der Waals surface area contributed by atoms with Crippen LogP contribution in [0.3, 0.4) is 0 Å². The van der Waals surface area contributed by atoms with Gasteiger partial charge in [-0.25, -0.2) is 0 Å². The van der Waals surface area contributed by atoms with Gasteiger partial charge in [0.05, 0.1) is 6.61 Å². The van der Waals surface area contributed by atoms with Crippen LogP contribution in [0.15, 0.2) is 11.8 Å². The van der Waals surface area contributed by atoms with Gasteiger partial charge in [-0.1, -0.05) is 0 Å². The molecular formula is C11H16N2O4. The van der Waals surface area contributed by atoms with Gasteiger partial charge in [0.2, 0.25) is 11.8 Å². The first-order valence-electron chi connectivity index (χ1n) is 5.45. The first-order chi connectivity index (χ1) is 8.04. The molecular weight excluding hydrogens is 224 g/mol. The molecule has 1 fully saturated rings. The van der Waals surface area contributed by atoms with Crippen LogP contribution in [0, 0.1) is 0 Å². The summed E-state index contributed by atoms with van der Waals surface area (Å²) in [6.45, 7) is 1.82. The number of ether oxygens (including phenoxy) is 1. The third kappa shape index (κ3) is 3.90. The lowest BCUT2D eigenvalue weighted by molar-refractivity contribution is -0.143. The molecule has 0 aromatic rings. The van der Waals surface area contributed by atoms with Crippen molar-refractivity contribution in [2.24, 2.45) is 0 Å². The quantitative estimate of drug-likeness (QED) is 0.545. The lowest BCUT2D eigenvalue weighted by Gasteiger charge is -2.10. The molecule has 1 saturated heterocycles. The minimum absolute atomic E-state index is 0.00515. The van der Waals surface area contributed by atoms with Gasteiger partial charge in [0.15, 0.2) is 0 Å². The molecule has 1 rings (SSSR count). The Hall–Kier alpha value is -1.85. The van der Waals surface area contributed by atoms with Crippen molar-refractivity contribution in [3.63, 3.8) is 0 Å². The smallest absolute Gasteiger partial charge is 0.325 e. The molecule has 1 N–H and O–H groups in total. The summed E-state index contributed by atoms with van der Waals surface area (Å²) in [5.74, 6) is -0.876. The molecule has 0 unspecified atom stereocenters. The lowest BCUT2D eigenvalue weighted by atomic mass is 10.3. The van der Waals surface area contributed by atoms with E-state index in [0.717, 1.165) is 0 Å². The molecule has 0 saturated carbocycles. The number of carbonyl (C=O) groups is 3. The molecule has 2 amide bonds. The molecule has 0 aliphatic carbocycles. The highest BCUT2D eigenvalue weighted by Crippen LogP contribution is 2.19. The Bertz CT molecular complexity index is 362. The number of carbonyl (C=O) groups excluding carboxylic acids is 3. The maximum Gasteiger partial charge on any atom is 0.325 e. The summed E-state index contributed by atoms with van der Waals surface area (Å²) in [6, 6.07) is 0. The molecule has 0 radical (unpaired) electrons. The summed E-state index contributed by atoms with van der Waals surface area (Å²) >= 11 is 0. The Morgan fingerprint density at radius 3 is 2.71 bits per heavy atom. The Labute approximate surface area is 99.6 Å². The lowest BCUT2D eigenvalue weighted by Crippen LogP contribution is -2.30. The third-order valence-corrected chi connectivity index (χ3v) is 2.41. The van der Waals surface area contributed by atoms with Crippen molar-refractivity contribution in [1.82, 2.24) is 10.2 Å². The van der Waals surface area contributed by atoms with Gasteiger partial charge in [0, 0.05) is 25.2 Å². The fourth-order valence-electron chi connectivity index (χ4n) is 1.47. The van der Waals surface area contributed by atoms with E-state index in [0.29, 0.717) is 18.5 Å². The molecule has 17 heavy (non-hydrogen) atoms. The summed E-state index contributed by atoms with van der Waals surface area (Å²) in [7, 11) is 1.62. The summed E-state index contributed by atoms with van der Waals surface area (Å²) in [4.78, 5) is 35.1. The number of amides is 2. The fourth-order valence-corrected chi connectivity index (χ4v) is 1.47. The van der Waals surface area contributed by atoms with Crippen molar-refractivity contribution in [2.75, 3.05) is 20.2 Å². The molecule has 1 heterocycles. The fraction of sp³-hybridized carbons (Fsp3) is 0.545. The van der Waals surface area contributed by atoms with Crippen molar-refractivity contribution in [3.8, 4) is 0 Å². The van der Waals surface area contributed by atoms with E-state index in [1.165, 1.54) is 11.0 Å². The third-order valence-electron chi connectivity index (χ3n) is 2.41. The van der Waals surface area contributed by atoms with E-state index in [9.17, 15) is 14.4 Å². The van der Waals surface area contributed by atoms with Crippen LogP contribution in [-0.4, -0.2) is 42.9 Å². The van der Waals surface area contributed by atoms with Gasteiger partial charge in [-0.3, -0.25) is 14.4 Å². The highest BCUT2D eigenvalue weighted by molar-refractivity contribution is 5.92. The summed E-state index contributed by atoms with van der Waals surface area (Å²) in [6.07, 6.45) is 2.32. The number of esters is 1. The molecule has 0 atom stereocenters. The average Bonchev–Trinajstić information content (AvgIpc) is 2.59. The molecule has 0 spiro atoms. The van der Waals surface area contributed by atoms with Gasteiger partial charge < -0.3 is 15.0 Å². The van der Waals surface area contributed by atoms with Crippen molar-refractivity contribution in [1.29, 1.82) is 0 Å². The number of hydrogen-bond acceptors (Lipinski definition) is 4. The SMILES string of the molecule is CCOC(=O)CNC(=O)/C=C1/CCC(=O)N1C. The van der Waals surface area contributed by atoms with E-state index in [1.54, 1.807) is 14.0 Å². The predicted octanol–water partition coefficient (Wildman–Crippen LogP) is -0.198. The van der Waals surface area contributed by atoms with Crippen molar-refractivity contribution in [3.05, 3.63) is 11.8 Å². The minimum atomic E-state index is -0.477. The maximum absolute atomic E-state index is 11.4. The van der Waals surface area contributed by atoms with Crippen LogP contribution in [-0.2, 0) is 19.1 Å². The first-order valence-corrected chi connectivity index (χ1v) is 5.45. The van der Waals surface area contributed by atoms with Gasteiger partial charge >= 0.3 is 5.97 Å². The highest BCUT2D eigenvalue weighted by Gasteiger charge is 2.22. The number of hydrogen-bond donors (Lipinski definition) is 1. The van der Waals surface area contributed by atoms with Gasteiger partial charge in [-0.2, -0.15) is 0 Å². The van der Waals surface area contributed by atoms with Crippen molar-refractivity contribution < 1.29 is 19.1 Å². The molecule has 0 aromatic carbocycles. The van der Waals surface area contributed by atoms with Crippen LogP contribution < -0.4 is 5.32 Å². The van der Waals surface area contributed by atoms with Crippen molar-refractivity contribution in [2.45, 2.75) is 19.8 Å². The zero-order valence-corrected chi connectivity index (χ0v) is 9.99. The molecule has 6 heteroatoms. The number of nitrogens with one attached hydrogen (secondary N) is 1. The number of nitrogens with zero attached hydrogens (tertiary/aromatic N) is 1. The average molecular weight is 240 g/mol. The molecule has 1 aliphatic rings. The van der Waals surface area contributed by atoms with Crippen LogP contribution in [0.25, 0.3) is 0 Å². The van der Waals surface area contributed by atoms with Crippen LogP contribution >= 0.6 is 0 Å². The zero-order valence-electron chi connectivity index (χ0n) is 9.99. The Morgan fingerprint density at radius 1 is 1.47 bits per heavy atom. The zero-order chi connectivity index (χ0) is 12.8. The van der Waals surface area contributed by atoms with E-state index in [4.69, 9.17) is 0 Å². The van der Waals surface area contributed by atoms with Crippen molar-refractivity contribution >= 4 is 17.8 Å². The van der Waals surface area contributed by atoms with E-state index in [1.807, 2.05) is 0 Å². The van der Waals surface area contributed by atoms with Gasteiger partial charge in [-0.05, 0) is 13.3 Å². The second-order valence-electron chi connectivity index (χ2n) is 3.61. The van der Waals surface area contributed by atoms with Crippen LogP contribution in [0.4, 0.5) is 0 Å². The minimum Gasteiger partial charge on any atom is -0.465 e. The number of rotatable bonds is 4. The van der Waals surface area contributed by atoms with Gasteiger partial charge in [0.1, 0.15) is 6.54 Å². The normalized spacial score (nSPS) is 17.4.